The van der Waals surface area contributed by atoms with Crippen LogP contribution in [-0.4, -0.2) is 9.97 Å². The van der Waals surface area contributed by atoms with Crippen LogP contribution in [0.1, 0.15) is 16.7 Å². The van der Waals surface area contributed by atoms with Crippen LogP contribution in [0, 0.1) is 13.8 Å². The Morgan fingerprint density at radius 2 is 1.80 bits per heavy atom. The van der Waals surface area contributed by atoms with E-state index in [0.29, 0.717) is 0 Å². The van der Waals surface area contributed by atoms with Crippen LogP contribution in [0.15, 0.2) is 60.2 Å². The van der Waals surface area contributed by atoms with Gasteiger partial charge in [0.25, 0.3) is 0 Å². The van der Waals surface area contributed by atoms with Crippen molar-refractivity contribution < 1.29 is 0 Å². The van der Waals surface area contributed by atoms with Gasteiger partial charge in [-0.15, -0.1) is 11.3 Å². The van der Waals surface area contributed by atoms with E-state index in [-0.39, 0.29) is 0 Å². The molecule has 2 aromatic carbocycles. The van der Waals surface area contributed by atoms with E-state index >= 15 is 0 Å². The molecule has 0 aliphatic carbocycles. The Labute approximate surface area is 151 Å². The number of rotatable bonds is 4. The molecule has 0 spiro atoms. The van der Waals surface area contributed by atoms with Crippen LogP contribution in [0.4, 0.5) is 5.82 Å². The van der Waals surface area contributed by atoms with Crippen molar-refractivity contribution in [1.29, 1.82) is 0 Å². The number of fused-ring (bicyclic) bond motifs is 1. The van der Waals surface area contributed by atoms with Gasteiger partial charge >= 0.3 is 0 Å². The number of aromatic nitrogens is 2. The average molecular weight is 345 g/mol. The summed E-state index contributed by atoms with van der Waals surface area (Å²) in [5, 5.41) is 6.76. The van der Waals surface area contributed by atoms with Crippen LogP contribution in [-0.2, 0) is 6.54 Å². The van der Waals surface area contributed by atoms with E-state index < -0.39 is 0 Å². The van der Waals surface area contributed by atoms with E-state index in [1.807, 2.05) is 6.07 Å². The number of nitrogens with zero attached hydrogens (tertiary/aromatic N) is 2. The molecule has 1 N–H and O–H groups in total. The number of benzene rings is 2. The Kier molecular flexibility index (Phi) is 4.20. The second-order valence-electron chi connectivity index (χ2n) is 6.19. The van der Waals surface area contributed by atoms with Gasteiger partial charge in [0.1, 0.15) is 17.0 Å². The number of aryl methyl sites for hydroxylation is 2. The summed E-state index contributed by atoms with van der Waals surface area (Å²) >= 11 is 1.66. The van der Waals surface area contributed by atoms with Crippen molar-refractivity contribution in [1.82, 2.24) is 9.97 Å². The highest BCUT2D eigenvalue weighted by atomic mass is 32.1. The Morgan fingerprint density at radius 1 is 0.960 bits per heavy atom. The zero-order valence-corrected chi connectivity index (χ0v) is 15.1. The maximum absolute atomic E-state index is 4.50. The van der Waals surface area contributed by atoms with Crippen LogP contribution in [0.3, 0.4) is 0 Å². The van der Waals surface area contributed by atoms with Gasteiger partial charge in [-0.3, -0.25) is 0 Å². The first-order valence-electron chi connectivity index (χ1n) is 8.30. The highest BCUT2D eigenvalue weighted by Crippen LogP contribution is 2.37. The van der Waals surface area contributed by atoms with Crippen LogP contribution in [0.2, 0.25) is 0 Å². The summed E-state index contributed by atoms with van der Waals surface area (Å²) in [6, 6.07) is 17.0. The Balaban J connectivity index is 1.75. The first-order valence-corrected chi connectivity index (χ1v) is 9.18. The Bertz CT molecular complexity index is 1020. The molecule has 4 rings (SSSR count). The minimum Gasteiger partial charge on any atom is -0.365 e. The van der Waals surface area contributed by atoms with Crippen molar-refractivity contribution in [3.05, 3.63) is 76.9 Å². The van der Waals surface area contributed by atoms with E-state index in [1.165, 1.54) is 27.8 Å². The molecule has 0 amide bonds. The first kappa shape index (κ1) is 15.8. The highest BCUT2D eigenvalue weighted by Gasteiger charge is 2.13. The zero-order valence-electron chi connectivity index (χ0n) is 14.3. The third-order valence-electron chi connectivity index (χ3n) is 4.49. The van der Waals surface area contributed by atoms with Gasteiger partial charge in [-0.05, 0) is 36.1 Å². The Hall–Kier alpha value is -2.72. The largest absolute Gasteiger partial charge is 0.365 e. The maximum Gasteiger partial charge on any atom is 0.139 e. The third kappa shape index (κ3) is 3.13. The quantitative estimate of drug-likeness (QED) is 0.524. The molecular formula is C21H19N3S. The van der Waals surface area contributed by atoms with E-state index in [2.05, 4.69) is 77.0 Å². The summed E-state index contributed by atoms with van der Waals surface area (Å²) in [6.07, 6.45) is 1.64. The molecular weight excluding hydrogens is 326 g/mol. The predicted molar refractivity (Wildman–Crippen MR) is 106 cm³/mol. The topological polar surface area (TPSA) is 37.8 Å². The molecule has 3 nitrogen and oxygen atoms in total. The van der Waals surface area contributed by atoms with Crippen LogP contribution < -0.4 is 5.32 Å². The minimum atomic E-state index is 0.745. The summed E-state index contributed by atoms with van der Waals surface area (Å²) in [5.74, 6) is 0.892. The fourth-order valence-electron chi connectivity index (χ4n) is 2.91. The van der Waals surface area contributed by atoms with Crippen molar-refractivity contribution >= 4 is 27.4 Å². The lowest BCUT2D eigenvalue weighted by atomic mass is 10.0. The van der Waals surface area contributed by atoms with Gasteiger partial charge in [0.05, 0.1) is 5.39 Å². The van der Waals surface area contributed by atoms with Crippen molar-refractivity contribution in [3.63, 3.8) is 0 Å². The van der Waals surface area contributed by atoms with Gasteiger partial charge in [-0.1, -0.05) is 48.5 Å². The summed E-state index contributed by atoms with van der Waals surface area (Å²) in [5.41, 5.74) is 6.25. The molecule has 2 aromatic heterocycles. The lowest BCUT2D eigenvalue weighted by Crippen LogP contribution is -2.02. The maximum atomic E-state index is 4.50. The summed E-state index contributed by atoms with van der Waals surface area (Å²) in [6.45, 7) is 5.04. The standard InChI is InChI=1S/C21H19N3S/c1-14-8-9-17(10-15(14)2)18-12-25-21-19(18)20(23-13-24-21)22-11-16-6-4-3-5-7-16/h3-10,12-13H,11H2,1-2H3,(H,22,23,24). The van der Waals surface area contributed by atoms with E-state index in [1.54, 1.807) is 17.7 Å². The normalized spacial score (nSPS) is 11.0. The molecule has 4 aromatic rings. The lowest BCUT2D eigenvalue weighted by Gasteiger charge is -2.09. The van der Waals surface area contributed by atoms with Crippen molar-refractivity contribution in [2.75, 3.05) is 5.32 Å². The number of hydrogen-bond acceptors (Lipinski definition) is 4. The number of thiophene rings is 1. The number of anilines is 1. The van der Waals surface area contributed by atoms with Crippen LogP contribution in [0.25, 0.3) is 21.3 Å². The van der Waals surface area contributed by atoms with Crippen molar-refractivity contribution in [2.24, 2.45) is 0 Å². The second kappa shape index (κ2) is 6.65. The van der Waals surface area contributed by atoms with Gasteiger partial charge in [-0.2, -0.15) is 0 Å². The fourth-order valence-corrected chi connectivity index (χ4v) is 3.83. The van der Waals surface area contributed by atoms with Gasteiger partial charge in [0.2, 0.25) is 0 Å². The monoisotopic (exact) mass is 345 g/mol. The molecule has 0 saturated heterocycles. The van der Waals surface area contributed by atoms with Crippen LogP contribution in [0.5, 0.6) is 0 Å². The first-order chi connectivity index (χ1) is 12.2. The number of nitrogens with one attached hydrogen (secondary N) is 1. The molecule has 0 bridgehead atoms. The van der Waals surface area contributed by atoms with Crippen LogP contribution >= 0.6 is 11.3 Å². The van der Waals surface area contributed by atoms with Gasteiger partial charge < -0.3 is 5.32 Å². The van der Waals surface area contributed by atoms with Gasteiger partial charge in [-0.25, -0.2) is 9.97 Å². The zero-order chi connectivity index (χ0) is 17.2. The molecule has 0 radical (unpaired) electrons. The number of hydrogen-bond donors (Lipinski definition) is 1. The molecule has 0 atom stereocenters. The summed E-state index contributed by atoms with van der Waals surface area (Å²) < 4.78 is 0. The fraction of sp³-hybridized carbons (Fsp3) is 0.143. The molecule has 124 valence electrons. The average Bonchev–Trinajstić information content (AvgIpc) is 3.08. The summed E-state index contributed by atoms with van der Waals surface area (Å²) in [7, 11) is 0. The molecule has 0 saturated carbocycles. The highest BCUT2D eigenvalue weighted by molar-refractivity contribution is 7.17. The smallest absolute Gasteiger partial charge is 0.139 e. The second-order valence-corrected chi connectivity index (χ2v) is 7.05. The van der Waals surface area contributed by atoms with E-state index in [4.69, 9.17) is 0 Å². The van der Waals surface area contributed by atoms with E-state index in [0.717, 1.165) is 22.6 Å². The van der Waals surface area contributed by atoms with Gasteiger partial charge in [0.15, 0.2) is 0 Å². The van der Waals surface area contributed by atoms with Crippen molar-refractivity contribution in [3.8, 4) is 11.1 Å². The minimum absolute atomic E-state index is 0.745. The molecule has 0 aliphatic heterocycles. The molecule has 0 aliphatic rings. The van der Waals surface area contributed by atoms with Gasteiger partial charge in [0, 0.05) is 17.5 Å². The van der Waals surface area contributed by atoms with Crippen molar-refractivity contribution in [2.45, 2.75) is 20.4 Å². The molecule has 0 unspecified atom stereocenters. The predicted octanol–water partition coefficient (Wildman–Crippen LogP) is 5.59. The Morgan fingerprint density at radius 3 is 2.60 bits per heavy atom. The molecule has 0 fully saturated rings. The molecule has 25 heavy (non-hydrogen) atoms. The SMILES string of the molecule is Cc1ccc(-c2csc3ncnc(NCc4ccccc4)c23)cc1C. The molecule has 4 heteroatoms. The molecule has 2 heterocycles. The summed E-state index contributed by atoms with van der Waals surface area (Å²) in [4.78, 5) is 9.97. The third-order valence-corrected chi connectivity index (χ3v) is 5.38. The lowest BCUT2D eigenvalue weighted by molar-refractivity contribution is 1.11. The van der Waals surface area contributed by atoms with E-state index in [9.17, 15) is 0 Å².